The molecule has 0 saturated carbocycles. The number of hydrogen-bond acceptors (Lipinski definition) is 7. The molecule has 198 valence electrons. The maximum absolute atomic E-state index is 13.1. The molecule has 1 atom stereocenters. The number of carbonyl (C=O) groups is 2. The molecule has 39 heavy (non-hydrogen) atoms. The number of likely N-dealkylation sites (tertiary alicyclic amines) is 1. The average molecular weight is 543 g/mol. The highest BCUT2D eigenvalue weighted by atomic mass is 35.5. The highest BCUT2D eigenvalue weighted by Gasteiger charge is 2.31. The van der Waals surface area contributed by atoms with E-state index in [0.29, 0.717) is 58.4 Å². The topological polar surface area (TPSA) is 109 Å². The second-order valence-electron chi connectivity index (χ2n) is 9.07. The van der Waals surface area contributed by atoms with E-state index in [1.54, 1.807) is 29.3 Å². The fourth-order valence-electron chi connectivity index (χ4n) is 4.51. The smallest absolute Gasteiger partial charge is 0.247 e. The number of rotatable bonds is 8. The first-order valence-corrected chi connectivity index (χ1v) is 13.0. The first-order valence-electron chi connectivity index (χ1n) is 12.6. The van der Waals surface area contributed by atoms with Gasteiger partial charge in [0, 0.05) is 29.5 Å². The van der Waals surface area contributed by atoms with Gasteiger partial charge in [-0.25, -0.2) is 9.97 Å². The number of ether oxygens (including phenoxy) is 1. The Bertz CT molecular complexity index is 1510. The molecule has 5 rings (SSSR count). The molecule has 1 fully saturated rings. The zero-order valence-electron chi connectivity index (χ0n) is 21.1. The van der Waals surface area contributed by atoms with Crippen molar-refractivity contribution >= 4 is 51.5 Å². The number of hydrogen-bond donors (Lipinski definition) is 2. The van der Waals surface area contributed by atoms with E-state index < -0.39 is 6.04 Å². The van der Waals surface area contributed by atoms with Crippen LogP contribution in [0.1, 0.15) is 25.0 Å². The highest BCUT2D eigenvalue weighted by molar-refractivity contribution is 6.32. The first-order chi connectivity index (χ1) is 19.0. The van der Waals surface area contributed by atoms with Crippen LogP contribution in [0.5, 0.6) is 5.75 Å². The summed E-state index contributed by atoms with van der Waals surface area (Å²) in [6, 6.07) is 15.9. The lowest BCUT2D eigenvalue weighted by Gasteiger charge is -2.34. The molecule has 2 amide bonds. The number of benzene rings is 2. The Morgan fingerprint density at radius 1 is 1.08 bits per heavy atom. The van der Waals surface area contributed by atoms with Crippen molar-refractivity contribution in [2.24, 2.45) is 0 Å². The molecule has 10 heteroatoms. The lowest BCUT2D eigenvalue weighted by atomic mass is 10.0. The molecule has 4 aromatic rings. The summed E-state index contributed by atoms with van der Waals surface area (Å²) in [5, 5.41) is 7.39. The fraction of sp³-hybridized carbons (Fsp3) is 0.207. The second-order valence-corrected chi connectivity index (χ2v) is 9.48. The van der Waals surface area contributed by atoms with Crippen molar-refractivity contribution in [3.8, 4) is 5.75 Å². The number of halogens is 1. The molecule has 0 radical (unpaired) electrons. The molecule has 0 aliphatic carbocycles. The van der Waals surface area contributed by atoms with Gasteiger partial charge in [0.2, 0.25) is 11.8 Å². The number of piperidine rings is 1. The van der Waals surface area contributed by atoms with Crippen molar-refractivity contribution in [2.75, 3.05) is 17.2 Å². The van der Waals surface area contributed by atoms with Crippen LogP contribution in [0.3, 0.4) is 0 Å². The Balaban J connectivity index is 1.32. The van der Waals surface area contributed by atoms with E-state index in [-0.39, 0.29) is 11.8 Å². The van der Waals surface area contributed by atoms with E-state index in [4.69, 9.17) is 16.3 Å². The van der Waals surface area contributed by atoms with Crippen LogP contribution in [0.15, 0.2) is 79.8 Å². The third kappa shape index (κ3) is 6.15. The van der Waals surface area contributed by atoms with Crippen LogP contribution < -0.4 is 15.4 Å². The number of fused-ring (bicyclic) bond motifs is 1. The maximum Gasteiger partial charge on any atom is 0.247 e. The van der Waals surface area contributed by atoms with E-state index in [0.717, 1.165) is 18.5 Å². The molecule has 0 spiro atoms. The third-order valence-corrected chi connectivity index (χ3v) is 6.76. The molecule has 2 aromatic carbocycles. The minimum absolute atomic E-state index is 0.233. The van der Waals surface area contributed by atoms with E-state index in [1.165, 1.54) is 12.4 Å². The predicted octanol–water partition coefficient (Wildman–Crippen LogP) is 5.51. The Morgan fingerprint density at radius 2 is 1.95 bits per heavy atom. The molecule has 0 bridgehead atoms. The van der Waals surface area contributed by atoms with Crippen LogP contribution in [0, 0.1) is 0 Å². The van der Waals surface area contributed by atoms with E-state index in [2.05, 4.69) is 32.2 Å². The quantitative estimate of drug-likeness (QED) is 0.283. The summed E-state index contributed by atoms with van der Waals surface area (Å²) in [6.07, 6.45) is 6.79. The SMILES string of the molecule is C=CC(=O)N1CCCCC1C(=O)Nc1ccc2ncnc(Nc3ccc(OCc4ccccn4)c(Cl)c3)c2c1. The second kappa shape index (κ2) is 11.9. The monoisotopic (exact) mass is 542 g/mol. The fourth-order valence-corrected chi connectivity index (χ4v) is 4.75. The van der Waals surface area contributed by atoms with Crippen molar-refractivity contribution in [2.45, 2.75) is 31.9 Å². The zero-order valence-corrected chi connectivity index (χ0v) is 21.9. The molecule has 1 aliphatic rings. The number of pyridine rings is 1. The Hall–Kier alpha value is -4.50. The maximum atomic E-state index is 13.1. The number of amides is 2. The van der Waals surface area contributed by atoms with Gasteiger partial charge in [-0.05, 0) is 73.9 Å². The van der Waals surface area contributed by atoms with Gasteiger partial charge in [-0.2, -0.15) is 0 Å². The lowest BCUT2D eigenvalue weighted by Crippen LogP contribution is -2.49. The van der Waals surface area contributed by atoms with Crippen LogP contribution in [-0.2, 0) is 16.2 Å². The van der Waals surface area contributed by atoms with Gasteiger partial charge in [-0.1, -0.05) is 24.2 Å². The van der Waals surface area contributed by atoms with Crippen molar-refractivity contribution < 1.29 is 14.3 Å². The molecule has 1 unspecified atom stereocenters. The largest absolute Gasteiger partial charge is 0.486 e. The van der Waals surface area contributed by atoms with Gasteiger partial charge in [0.25, 0.3) is 0 Å². The van der Waals surface area contributed by atoms with E-state index in [9.17, 15) is 9.59 Å². The molecular weight excluding hydrogens is 516 g/mol. The van der Waals surface area contributed by atoms with Crippen LogP contribution in [-0.4, -0.2) is 44.3 Å². The van der Waals surface area contributed by atoms with Crippen LogP contribution in [0.2, 0.25) is 5.02 Å². The average Bonchev–Trinajstić information content (AvgIpc) is 2.97. The number of nitrogens with zero attached hydrogens (tertiary/aromatic N) is 4. The molecule has 2 aromatic heterocycles. The standard InChI is InChI=1S/C29H27ClN6O3/c1-2-27(37)36-14-6-4-8-25(36)29(38)35-19-9-11-24-22(15-19)28(33-18-32-24)34-20-10-12-26(23(30)16-20)39-17-21-7-3-5-13-31-21/h2-3,5,7,9-13,15-16,18,25H,1,4,6,8,14,17H2,(H,35,38)(H,32,33,34). The van der Waals surface area contributed by atoms with Gasteiger partial charge in [0.1, 0.15) is 30.5 Å². The molecule has 1 aliphatic heterocycles. The lowest BCUT2D eigenvalue weighted by molar-refractivity contribution is -0.136. The summed E-state index contributed by atoms with van der Waals surface area (Å²) < 4.78 is 5.81. The number of carbonyl (C=O) groups excluding carboxylic acids is 2. The van der Waals surface area contributed by atoms with Crippen LogP contribution >= 0.6 is 11.6 Å². The summed E-state index contributed by atoms with van der Waals surface area (Å²) in [4.78, 5) is 39.9. The zero-order chi connectivity index (χ0) is 27.2. The van der Waals surface area contributed by atoms with Gasteiger partial charge in [0.05, 0.1) is 16.2 Å². The summed E-state index contributed by atoms with van der Waals surface area (Å²) in [7, 11) is 0. The molecule has 9 nitrogen and oxygen atoms in total. The molecule has 2 N–H and O–H groups in total. The van der Waals surface area contributed by atoms with Gasteiger partial charge >= 0.3 is 0 Å². The first kappa shape index (κ1) is 26.1. The summed E-state index contributed by atoms with van der Waals surface area (Å²) in [5.41, 5.74) is 2.79. The number of nitrogens with one attached hydrogen (secondary N) is 2. The number of anilines is 3. The van der Waals surface area contributed by atoms with E-state index in [1.807, 2.05) is 36.4 Å². The molecule has 3 heterocycles. The van der Waals surface area contributed by atoms with Crippen molar-refractivity contribution in [1.29, 1.82) is 0 Å². The highest BCUT2D eigenvalue weighted by Crippen LogP contribution is 2.31. The Kier molecular flexibility index (Phi) is 7.98. The summed E-state index contributed by atoms with van der Waals surface area (Å²) in [5.74, 6) is 0.622. The minimum Gasteiger partial charge on any atom is -0.486 e. The normalized spacial score (nSPS) is 15.0. The van der Waals surface area contributed by atoms with E-state index >= 15 is 0 Å². The van der Waals surface area contributed by atoms with Crippen molar-refractivity contribution in [3.63, 3.8) is 0 Å². The van der Waals surface area contributed by atoms with Crippen molar-refractivity contribution in [1.82, 2.24) is 19.9 Å². The van der Waals surface area contributed by atoms with Crippen molar-refractivity contribution in [3.05, 3.63) is 90.5 Å². The van der Waals surface area contributed by atoms with Crippen LogP contribution in [0.4, 0.5) is 17.2 Å². The van der Waals surface area contributed by atoms with Gasteiger partial charge in [0.15, 0.2) is 0 Å². The summed E-state index contributed by atoms with van der Waals surface area (Å²) >= 11 is 6.48. The van der Waals surface area contributed by atoms with Gasteiger partial charge in [-0.3, -0.25) is 14.6 Å². The van der Waals surface area contributed by atoms with Gasteiger partial charge < -0.3 is 20.3 Å². The molecular formula is C29H27ClN6O3. The Morgan fingerprint density at radius 3 is 2.74 bits per heavy atom. The minimum atomic E-state index is -0.537. The van der Waals surface area contributed by atoms with Gasteiger partial charge in [-0.15, -0.1) is 0 Å². The van der Waals surface area contributed by atoms with Crippen LogP contribution in [0.25, 0.3) is 10.9 Å². The predicted molar refractivity (Wildman–Crippen MR) is 151 cm³/mol. The summed E-state index contributed by atoms with van der Waals surface area (Å²) in [6.45, 7) is 4.41. The third-order valence-electron chi connectivity index (χ3n) is 6.46. The molecule has 1 saturated heterocycles. The number of aromatic nitrogens is 3. The Labute approximate surface area is 230 Å².